The molecule has 0 spiro atoms. The Morgan fingerprint density at radius 1 is 0.960 bits per heavy atom. The SMILES string of the molecule is Cc1cccc2ccc(C(=O)N[C@@H](CC(N)=O)C(=O)N[C@@H](Cc3ccccc3)[C@@H](O)CN3C[C@@H]4CCCC[C@@H]4C[C@@H]3C(=O)CC(C)(C)C)nc12. The van der Waals surface area contributed by atoms with E-state index in [0.29, 0.717) is 30.2 Å². The molecule has 5 N–H and O–H groups in total. The molecule has 3 amide bonds. The highest BCUT2D eigenvalue weighted by Crippen LogP contribution is 2.40. The number of Topliss-reactive ketones (excluding diaryl/α,β-unsaturated/α-hetero) is 1. The van der Waals surface area contributed by atoms with Gasteiger partial charge in [-0.05, 0) is 60.6 Å². The van der Waals surface area contributed by atoms with E-state index in [4.69, 9.17) is 5.73 Å². The number of aliphatic hydroxyl groups is 1. The smallest absolute Gasteiger partial charge is 0.270 e. The maximum Gasteiger partial charge on any atom is 0.270 e. The van der Waals surface area contributed by atoms with Crippen LogP contribution in [0.25, 0.3) is 10.9 Å². The number of pyridine rings is 1. The number of fused-ring (bicyclic) bond motifs is 2. The van der Waals surface area contributed by atoms with Crippen LogP contribution < -0.4 is 16.4 Å². The summed E-state index contributed by atoms with van der Waals surface area (Å²) in [4.78, 5) is 59.8. The lowest BCUT2D eigenvalue weighted by Gasteiger charge is -2.47. The zero-order chi connectivity index (χ0) is 36.0. The first-order chi connectivity index (χ1) is 23.8. The number of carbonyl (C=O) groups is 4. The summed E-state index contributed by atoms with van der Waals surface area (Å²) >= 11 is 0. The van der Waals surface area contributed by atoms with E-state index in [1.165, 1.54) is 12.8 Å². The summed E-state index contributed by atoms with van der Waals surface area (Å²) in [5, 5.41) is 18.4. The molecule has 1 saturated carbocycles. The molecule has 2 fully saturated rings. The molecular weight excluding hydrogens is 630 g/mol. The highest BCUT2D eigenvalue weighted by Gasteiger charge is 2.42. The van der Waals surface area contributed by atoms with E-state index in [1.807, 2.05) is 55.5 Å². The standard InChI is InChI=1S/C40H53N5O5/c1-25-11-10-16-27-17-18-30(42-37(25)27)38(49)44-32(21-36(41)48)39(50)43-31(19-26-12-6-5-7-13-26)35(47)24-45-23-29-15-9-8-14-28(29)20-33(45)34(46)22-40(2,3)4/h5-7,10-13,16-18,28-29,31-33,35,47H,8-9,14-15,19-24H2,1-4H3,(H2,41,48)(H,43,50)(H,44,49)/t28-,29+,31+,32+,33-,35+/m1/s1. The Labute approximate surface area is 295 Å². The molecule has 1 aliphatic carbocycles. The fourth-order valence-electron chi connectivity index (χ4n) is 7.74. The normalized spacial score (nSPS) is 21.4. The first-order valence-corrected chi connectivity index (χ1v) is 18.0. The third-order valence-electron chi connectivity index (χ3n) is 10.3. The molecule has 50 heavy (non-hydrogen) atoms. The van der Waals surface area contributed by atoms with Gasteiger partial charge >= 0.3 is 0 Å². The summed E-state index contributed by atoms with van der Waals surface area (Å²) in [6.45, 7) is 9.04. The Morgan fingerprint density at radius 3 is 2.38 bits per heavy atom. The number of aromatic nitrogens is 1. The van der Waals surface area contributed by atoms with Gasteiger partial charge in [0, 0.05) is 24.9 Å². The fraction of sp³-hybridized carbons (Fsp3) is 0.525. The van der Waals surface area contributed by atoms with Gasteiger partial charge in [-0.25, -0.2) is 4.98 Å². The van der Waals surface area contributed by atoms with Crippen LogP contribution in [0.2, 0.25) is 0 Å². The molecule has 10 nitrogen and oxygen atoms in total. The number of primary amides is 1. The number of aliphatic hydroxyl groups excluding tert-OH is 1. The number of nitrogens with two attached hydrogens (primary N) is 1. The second-order valence-corrected chi connectivity index (χ2v) is 15.6. The van der Waals surface area contributed by atoms with Gasteiger partial charge in [0.2, 0.25) is 11.8 Å². The van der Waals surface area contributed by atoms with Crippen molar-refractivity contribution in [2.45, 2.75) is 103 Å². The Kier molecular flexibility index (Phi) is 12.1. The highest BCUT2D eigenvalue weighted by atomic mass is 16.3. The molecule has 6 atom stereocenters. The van der Waals surface area contributed by atoms with Crippen molar-refractivity contribution in [1.29, 1.82) is 0 Å². The molecule has 10 heteroatoms. The van der Waals surface area contributed by atoms with Gasteiger partial charge < -0.3 is 21.5 Å². The molecule has 1 saturated heterocycles. The molecule has 2 aromatic carbocycles. The van der Waals surface area contributed by atoms with Crippen molar-refractivity contribution in [1.82, 2.24) is 20.5 Å². The summed E-state index contributed by atoms with van der Waals surface area (Å²) in [6, 6.07) is 16.2. The topological polar surface area (TPSA) is 155 Å². The average molecular weight is 684 g/mol. The lowest BCUT2D eigenvalue weighted by Crippen LogP contribution is -2.59. The first kappa shape index (κ1) is 37.1. The van der Waals surface area contributed by atoms with Crippen molar-refractivity contribution in [2.24, 2.45) is 23.0 Å². The third-order valence-corrected chi connectivity index (χ3v) is 10.3. The van der Waals surface area contributed by atoms with Crippen LogP contribution in [0.1, 0.15) is 87.3 Å². The van der Waals surface area contributed by atoms with Crippen molar-refractivity contribution < 1.29 is 24.3 Å². The minimum absolute atomic E-state index is 0.104. The van der Waals surface area contributed by atoms with Gasteiger partial charge in [-0.3, -0.25) is 24.1 Å². The molecule has 3 aromatic rings. The minimum atomic E-state index is -1.29. The van der Waals surface area contributed by atoms with Gasteiger partial charge in [0.25, 0.3) is 5.91 Å². The number of hydrogen-bond donors (Lipinski definition) is 4. The molecule has 5 rings (SSSR count). The number of piperidine rings is 1. The van der Waals surface area contributed by atoms with Gasteiger partial charge in [0.15, 0.2) is 0 Å². The molecule has 268 valence electrons. The maximum atomic E-state index is 13.9. The van der Waals surface area contributed by atoms with E-state index >= 15 is 0 Å². The molecular formula is C40H53N5O5. The summed E-state index contributed by atoms with van der Waals surface area (Å²) in [7, 11) is 0. The molecule has 1 aromatic heterocycles. The van der Waals surface area contributed by atoms with Gasteiger partial charge in [-0.15, -0.1) is 0 Å². The highest BCUT2D eigenvalue weighted by molar-refractivity contribution is 5.99. The number of β-amino-alcohol motifs (C(OH)–C–C–N with tert-alkyl or cyclic N) is 1. The van der Waals surface area contributed by atoms with Gasteiger partial charge in [-0.1, -0.05) is 94.6 Å². The molecule has 0 bridgehead atoms. The largest absolute Gasteiger partial charge is 0.390 e. The number of amides is 3. The van der Waals surface area contributed by atoms with Crippen LogP contribution >= 0.6 is 0 Å². The second-order valence-electron chi connectivity index (χ2n) is 15.6. The summed E-state index contributed by atoms with van der Waals surface area (Å²) in [6.07, 6.45) is 4.67. The van der Waals surface area contributed by atoms with E-state index in [0.717, 1.165) is 42.3 Å². The Balaban J connectivity index is 1.36. The van der Waals surface area contributed by atoms with E-state index in [-0.39, 0.29) is 29.5 Å². The zero-order valence-corrected chi connectivity index (χ0v) is 29.9. The van der Waals surface area contributed by atoms with E-state index in [2.05, 4.69) is 41.3 Å². The number of ketones is 1. The van der Waals surface area contributed by atoms with Crippen LogP contribution in [0.4, 0.5) is 0 Å². The first-order valence-electron chi connectivity index (χ1n) is 18.0. The number of nitrogens with one attached hydrogen (secondary N) is 2. The van der Waals surface area contributed by atoms with E-state index < -0.39 is 42.3 Å². The number of nitrogens with zero attached hydrogens (tertiary/aromatic N) is 2. The molecule has 0 radical (unpaired) electrons. The Morgan fingerprint density at radius 2 is 1.68 bits per heavy atom. The monoisotopic (exact) mass is 683 g/mol. The fourth-order valence-corrected chi connectivity index (χ4v) is 7.74. The molecule has 2 aliphatic rings. The number of para-hydroxylation sites is 1. The van der Waals surface area contributed by atoms with E-state index in [1.54, 1.807) is 12.1 Å². The average Bonchev–Trinajstić information content (AvgIpc) is 3.06. The number of rotatable bonds is 13. The molecule has 1 aliphatic heterocycles. The lowest BCUT2D eigenvalue weighted by molar-refractivity contribution is -0.131. The van der Waals surface area contributed by atoms with Crippen molar-refractivity contribution in [3.63, 3.8) is 0 Å². The van der Waals surface area contributed by atoms with Crippen LogP contribution in [-0.4, -0.2) is 75.8 Å². The van der Waals surface area contributed by atoms with Crippen molar-refractivity contribution >= 4 is 34.4 Å². The summed E-state index contributed by atoms with van der Waals surface area (Å²) in [5.41, 5.74) is 7.95. The van der Waals surface area contributed by atoms with Crippen molar-refractivity contribution in [3.05, 3.63) is 77.5 Å². The van der Waals surface area contributed by atoms with Gasteiger partial charge in [0.05, 0.1) is 30.1 Å². The predicted molar refractivity (Wildman–Crippen MR) is 194 cm³/mol. The van der Waals surface area contributed by atoms with Gasteiger partial charge in [0.1, 0.15) is 17.5 Å². The maximum absolute atomic E-state index is 13.9. The predicted octanol–water partition coefficient (Wildman–Crippen LogP) is 4.49. The Bertz CT molecular complexity index is 1670. The number of aryl methyl sites for hydroxylation is 1. The third kappa shape index (κ3) is 9.75. The Hall–Kier alpha value is -4.15. The van der Waals surface area contributed by atoms with E-state index in [9.17, 15) is 24.3 Å². The van der Waals surface area contributed by atoms with Crippen LogP contribution in [0.15, 0.2) is 60.7 Å². The van der Waals surface area contributed by atoms with Crippen LogP contribution in [0.3, 0.4) is 0 Å². The van der Waals surface area contributed by atoms with Crippen molar-refractivity contribution in [3.8, 4) is 0 Å². The molecule has 0 unspecified atom stereocenters. The minimum Gasteiger partial charge on any atom is -0.390 e. The summed E-state index contributed by atoms with van der Waals surface area (Å²) in [5.74, 6) is -0.847. The van der Waals surface area contributed by atoms with Crippen molar-refractivity contribution in [2.75, 3.05) is 13.1 Å². The number of benzene rings is 2. The summed E-state index contributed by atoms with van der Waals surface area (Å²) < 4.78 is 0. The zero-order valence-electron chi connectivity index (χ0n) is 29.9. The quantitative estimate of drug-likeness (QED) is 0.207. The number of hydrogen-bond acceptors (Lipinski definition) is 7. The lowest BCUT2D eigenvalue weighted by atomic mass is 9.71. The van der Waals surface area contributed by atoms with Crippen LogP contribution in [0.5, 0.6) is 0 Å². The van der Waals surface area contributed by atoms with Gasteiger partial charge in [-0.2, -0.15) is 0 Å². The number of carbonyl (C=O) groups excluding carboxylic acids is 4. The number of likely N-dealkylation sites (tertiary alicyclic amines) is 1. The molecule has 2 heterocycles. The van der Waals surface area contributed by atoms with Crippen LogP contribution in [-0.2, 0) is 20.8 Å². The van der Waals surface area contributed by atoms with Crippen LogP contribution in [0, 0.1) is 24.2 Å². The second kappa shape index (κ2) is 16.2.